The van der Waals surface area contributed by atoms with E-state index in [-0.39, 0.29) is 11.9 Å². The second kappa shape index (κ2) is 6.24. The van der Waals surface area contributed by atoms with Gasteiger partial charge < -0.3 is 10.1 Å². The Morgan fingerprint density at radius 1 is 1.17 bits per heavy atom. The van der Waals surface area contributed by atoms with Gasteiger partial charge >= 0.3 is 5.97 Å². The number of benzene rings is 2. The molecule has 0 aromatic heterocycles. The minimum atomic E-state index is -0.773. The summed E-state index contributed by atoms with van der Waals surface area (Å²) in [6.45, 7) is 3.94. The molecule has 0 saturated carbocycles. The maximum absolute atomic E-state index is 12.4. The van der Waals surface area contributed by atoms with E-state index in [0.717, 1.165) is 11.1 Å². The van der Waals surface area contributed by atoms with Crippen molar-refractivity contribution in [2.75, 3.05) is 0 Å². The lowest BCUT2D eigenvalue weighted by Crippen LogP contribution is -2.42. The Labute approximate surface area is 135 Å². The van der Waals surface area contributed by atoms with Gasteiger partial charge in [-0.25, -0.2) is 4.79 Å². The van der Waals surface area contributed by atoms with Crippen molar-refractivity contribution in [2.45, 2.75) is 32.4 Å². The van der Waals surface area contributed by atoms with Crippen molar-refractivity contribution in [2.24, 2.45) is 0 Å². The third-order valence-electron chi connectivity index (χ3n) is 4.12. The van der Waals surface area contributed by atoms with Crippen LogP contribution in [-0.2, 0) is 16.0 Å². The average Bonchev–Trinajstić information content (AvgIpc) is 2.55. The number of esters is 1. The molecular formula is C19H19NO3. The Morgan fingerprint density at radius 3 is 2.61 bits per heavy atom. The molecule has 1 heterocycles. The monoisotopic (exact) mass is 309 g/mol. The number of carbonyl (C=O) groups is 2. The number of fused-ring (bicyclic) bond motifs is 1. The van der Waals surface area contributed by atoms with E-state index in [1.807, 2.05) is 50.2 Å². The van der Waals surface area contributed by atoms with E-state index >= 15 is 0 Å². The van der Waals surface area contributed by atoms with Crippen LogP contribution in [0.1, 0.15) is 40.0 Å². The zero-order chi connectivity index (χ0) is 16.4. The molecule has 2 aromatic carbocycles. The maximum Gasteiger partial charge on any atom is 0.339 e. The van der Waals surface area contributed by atoms with Crippen molar-refractivity contribution in [3.63, 3.8) is 0 Å². The van der Waals surface area contributed by atoms with Crippen LogP contribution < -0.4 is 5.32 Å². The second-order valence-electron chi connectivity index (χ2n) is 5.90. The van der Waals surface area contributed by atoms with Crippen LogP contribution in [0.25, 0.3) is 0 Å². The minimum Gasteiger partial charge on any atom is -0.448 e. The molecule has 0 bridgehead atoms. The van der Waals surface area contributed by atoms with E-state index in [0.29, 0.717) is 12.0 Å². The van der Waals surface area contributed by atoms with Gasteiger partial charge in [0.15, 0.2) is 6.10 Å². The molecule has 0 spiro atoms. The van der Waals surface area contributed by atoms with E-state index in [1.165, 1.54) is 5.56 Å². The van der Waals surface area contributed by atoms with Gasteiger partial charge in [-0.2, -0.15) is 0 Å². The molecule has 2 atom stereocenters. The number of nitrogens with one attached hydrogen (secondary N) is 1. The van der Waals surface area contributed by atoms with Crippen LogP contribution in [-0.4, -0.2) is 18.0 Å². The quantitative estimate of drug-likeness (QED) is 0.887. The van der Waals surface area contributed by atoms with Crippen molar-refractivity contribution < 1.29 is 14.3 Å². The molecule has 2 unspecified atom stereocenters. The minimum absolute atomic E-state index is 0.140. The first-order chi connectivity index (χ1) is 11.0. The van der Waals surface area contributed by atoms with Gasteiger partial charge in [-0.15, -0.1) is 0 Å². The fourth-order valence-electron chi connectivity index (χ4n) is 2.72. The van der Waals surface area contributed by atoms with Gasteiger partial charge in [0, 0.05) is 6.42 Å². The molecule has 3 rings (SSSR count). The normalized spacial score (nSPS) is 17.8. The zero-order valence-electron chi connectivity index (χ0n) is 13.2. The average molecular weight is 309 g/mol. The molecule has 4 nitrogen and oxygen atoms in total. The number of amides is 1. The highest BCUT2D eigenvalue weighted by atomic mass is 16.5. The van der Waals surface area contributed by atoms with Crippen LogP contribution in [0.2, 0.25) is 0 Å². The summed E-state index contributed by atoms with van der Waals surface area (Å²) in [6.07, 6.45) is -0.362. The molecule has 118 valence electrons. The van der Waals surface area contributed by atoms with Crippen molar-refractivity contribution >= 4 is 11.9 Å². The molecule has 4 heteroatoms. The molecule has 0 radical (unpaired) electrons. The molecule has 0 saturated heterocycles. The van der Waals surface area contributed by atoms with E-state index in [1.54, 1.807) is 12.1 Å². The zero-order valence-corrected chi connectivity index (χ0v) is 13.2. The Balaban J connectivity index is 1.69. The summed E-state index contributed by atoms with van der Waals surface area (Å²) < 4.78 is 5.28. The summed E-state index contributed by atoms with van der Waals surface area (Å²) in [5.74, 6) is -0.698. The van der Waals surface area contributed by atoms with Gasteiger partial charge in [0.25, 0.3) is 5.91 Å². The number of cyclic esters (lactones) is 1. The van der Waals surface area contributed by atoms with Crippen molar-refractivity contribution in [3.8, 4) is 0 Å². The first-order valence-electron chi connectivity index (χ1n) is 7.70. The summed E-state index contributed by atoms with van der Waals surface area (Å²) in [5.41, 5.74) is 3.59. The first-order valence-corrected chi connectivity index (χ1v) is 7.70. The summed E-state index contributed by atoms with van der Waals surface area (Å²) in [6, 6.07) is 15.1. The molecule has 1 N–H and O–H groups in total. The molecule has 2 aromatic rings. The van der Waals surface area contributed by atoms with E-state index < -0.39 is 12.1 Å². The van der Waals surface area contributed by atoms with E-state index in [2.05, 4.69) is 5.32 Å². The second-order valence-corrected chi connectivity index (χ2v) is 5.90. The number of hydrogen-bond acceptors (Lipinski definition) is 3. The maximum atomic E-state index is 12.4. The topological polar surface area (TPSA) is 55.4 Å². The lowest BCUT2D eigenvalue weighted by Gasteiger charge is -2.25. The van der Waals surface area contributed by atoms with E-state index in [9.17, 15) is 9.59 Å². The van der Waals surface area contributed by atoms with Crippen LogP contribution in [0, 0.1) is 6.92 Å². The van der Waals surface area contributed by atoms with Gasteiger partial charge in [-0.05, 0) is 31.0 Å². The van der Waals surface area contributed by atoms with Gasteiger partial charge in [-0.3, -0.25) is 4.79 Å². The number of hydrogen-bond donors (Lipinski definition) is 1. The summed E-state index contributed by atoms with van der Waals surface area (Å²) >= 11 is 0. The van der Waals surface area contributed by atoms with Crippen LogP contribution in [0.3, 0.4) is 0 Å². The van der Waals surface area contributed by atoms with Gasteiger partial charge in [0.2, 0.25) is 0 Å². The summed E-state index contributed by atoms with van der Waals surface area (Å²) in [5, 5.41) is 2.92. The highest BCUT2D eigenvalue weighted by molar-refractivity contribution is 5.95. The standard InChI is InChI=1S/C19H19NO3/c1-12-7-9-14(10-8-12)13(2)20-18(21)17-11-15-5-3-4-6-16(15)19(22)23-17/h3-10,13,17H,11H2,1-2H3,(H,20,21). The molecule has 0 fully saturated rings. The Morgan fingerprint density at radius 2 is 1.87 bits per heavy atom. The molecule has 0 aliphatic carbocycles. The fourth-order valence-corrected chi connectivity index (χ4v) is 2.72. The molecular weight excluding hydrogens is 290 g/mol. The Bertz CT molecular complexity index is 737. The Hall–Kier alpha value is -2.62. The number of rotatable bonds is 3. The predicted octanol–water partition coefficient (Wildman–Crippen LogP) is 2.95. The Kier molecular flexibility index (Phi) is 4.15. The summed E-state index contributed by atoms with van der Waals surface area (Å²) in [7, 11) is 0. The van der Waals surface area contributed by atoms with Gasteiger partial charge in [0.05, 0.1) is 11.6 Å². The third-order valence-corrected chi connectivity index (χ3v) is 4.12. The van der Waals surface area contributed by atoms with Gasteiger partial charge in [-0.1, -0.05) is 48.0 Å². The molecule has 1 aliphatic rings. The van der Waals surface area contributed by atoms with Gasteiger partial charge in [0.1, 0.15) is 0 Å². The SMILES string of the molecule is Cc1ccc(C(C)NC(=O)C2Cc3ccccc3C(=O)O2)cc1. The fraction of sp³-hybridized carbons (Fsp3) is 0.263. The lowest BCUT2D eigenvalue weighted by atomic mass is 9.98. The number of carbonyl (C=O) groups excluding carboxylic acids is 2. The lowest BCUT2D eigenvalue weighted by molar-refractivity contribution is -0.131. The highest BCUT2D eigenvalue weighted by Gasteiger charge is 2.31. The molecule has 1 amide bonds. The highest BCUT2D eigenvalue weighted by Crippen LogP contribution is 2.21. The smallest absolute Gasteiger partial charge is 0.339 e. The first kappa shape index (κ1) is 15.3. The van der Waals surface area contributed by atoms with Crippen LogP contribution in [0.5, 0.6) is 0 Å². The molecule has 1 aliphatic heterocycles. The van der Waals surface area contributed by atoms with Crippen LogP contribution in [0.15, 0.2) is 48.5 Å². The number of aryl methyl sites for hydroxylation is 1. The van der Waals surface area contributed by atoms with E-state index in [4.69, 9.17) is 4.74 Å². The largest absolute Gasteiger partial charge is 0.448 e. The van der Waals surface area contributed by atoms with Crippen molar-refractivity contribution in [3.05, 3.63) is 70.8 Å². The molecule has 23 heavy (non-hydrogen) atoms. The van der Waals surface area contributed by atoms with Crippen molar-refractivity contribution in [1.82, 2.24) is 5.32 Å². The third kappa shape index (κ3) is 3.26. The predicted molar refractivity (Wildman–Crippen MR) is 87.1 cm³/mol. The number of ether oxygens (including phenoxy) is 1. The van der Waals surface area contributed by atoms with Crippen LogP contribution >= 0.6 is 0 Å². The summed E-state index contributed by atoms with van der Waals surface area (Å²) in [4.78, 5) is 24.4. The van der Waals surface area contributed by atoms with Crippen LogP contribution in [0.4, 0.5) is 0 Å². The van der Waals surface area contributed by atoms with Crippen molar-refractivity contribution in [1.29, 1.82) is 0 Å².